The molecule has 3 amide bonds. The van der Waals surface area contributed by atoms with Gasteiger partial charge in [-0.2, -0.15) is 0 Å². The van der Waals surface area contributed by atoms with E-state index in [2.05, 4.69) is 29.1 Å². The summed E-state index contributed by atoms with van der Waals surface area (Å²) >= 11 is 3.80. The molecule has 3 saturated heterocycles. The minimum atomic E-state index is -1.20. The number of carbonyl (C=O) groups excluding carboxylic acids is 3. The quantitative estimate of drug-likeness (QED) is 0.152. The number of fused-ring (bicyclic) bond motifs is 1. The molecule has 6 atom stereocenters. The number of aryl methyl sites for hydroxylation is 2. The Hall–Kier alpha value is -3.47. The Kier molecular flexibility index (Phi) is 10.9. The second kappa shape index (κ2) is 14.7. The van der Waals surface area contributed by atoms with E-state index >= 15 is 0 Å². The maximum atomic E-state index is 15.0. The number of likely N-dealkylation sites (tertiary alicyclic amines) is 1. The normalized spacial score (nSPS) is 25.9. The Morgan fingerprint density at radius 1 is 1.04 bits per heavy atom. The smallest absolute Gasteiger partial charge is 0.253 e. The van der Waals surface area contributed by atoms with E-state index in [9.17, 15) is 19.5 Å². The van der Waals surface area contributed by atoms with Crippen molar-refractivity contribution in [3.8, 4) is 5.75 Å². The fourth-order valence-electron chi connectivity index (χ4n) is 7.82. The van der Waals surface area contributed by atoms with Crippen LogP contribution in [0.15, 0.2) is 67.8 Å². The number of carbonyl (C=O) groups is 3. The van der Waals surface area contributed by atoms with E-state index in [0.29, 0.717) is 50.3 Å². The first kappa shape index (κ1) is 34.9. The number of alkyl halides is 1. The second-order valence-corrected chi connectivity index (χ2v) is 13.8. The summed E-state index contributed by atoms with van der Waals surface area (Å²) < 4.78 is 12.4. The van der Waals surface area contributed by atoms with Gasteiger partial charge < -0.3 is 29.3 Å². The molecule has 2 aromatic rings. The van der Waals surface area contributed by atoms with E-state index in [-0.39, 0.29) is 42.2 Å². The van der Waals surface area contributed by atoms with Gasteiger partial charge in [0.1, 0.15) is 17.4 Å². The van der Waals surface area contributed by atoms with Crippen molar-refractivity contribution in [3.63, 3.8) is 0 Å². The summed E-state index contributed by atoms with van der Waals surface area (Å²) in [4.78, 5) is 49.0. The SMILES string of the molecule is C=CCN(C(=O)[C@H]1[C@@H]2OC3(CC2Br)C(C(=O)N(CC=C)c2c(C)cccc2C)N(CCCCCO)C(=O)[C@H]13)c1ccc(OCC)cc1. The van der Waals surface area contributed by atoms with Crippen LogP contribution < -0.4 is 14.5 Å². The molecule has 1 spiro atoms. The molecule has 9 nitrogen and oxygen atoms in total. The zero-order valence-electron chi connectivity index (χ0n) is 27.6. The van der Waals surface area contributed by atoms with E-state index in [4.69, 9.17) is 9.47 Å². The average Bonchev–Trinajstić information content (AvgIpc) is 3.64. The van der Waals surface area contributed by atoms with Crippen LogP contribution in [0.1, 0.15) is 43.7 Å². The summed E-state index contributed by atoms with van der Waals surface area (Å²) in [6.45, 7) is 15.1. The van der Waals surface area contributed by atoms with Gasteiger partial charge in [-0.3, -0.25) is 14.4 Å². The number of ether oxygens (including phenoxy) is 2. The summed E-state index contributed by atoms with van der Waals surface area (Å²) in [5.74, 6) is -1.67. The number of benzene rings is 2. The second-order valence-electron chi connectivity index (χ2n) is 12.6. The molecule has 0 saturated carbocycles. The van der Waals surface area contributed by atoms with Gasteiger partial charge in [0.05, 0.1) is 24.5 Å². The van der Waals surface area contributed by atoms with Crippen LogP contribution >= 0.6 is 15.9 Å². The minimum absolute atomic E-state index is 0.0554. The van der Waals surface area contributed by atoms with E-state index in [0.717, 1.165) is 16.8 Å². The summed E-state index contributed by atoms with van der Waals surface area (Å²) in [7, 11) is 0. The molecule has 0 radical (unpaired) electrons. The number of para-hydroxylation sites is 1. The van der Waals surface area contributed by atoms with Gasteiger partial charge >= 0.3 is 0 Å². The predicted molar refractivity (Wildman–Crippen MR) is 187 cm³/mol. The maximum absolute atomic E-state index is 15.0. The highest BCUT2D eigenvalue weighted by atomic mass is 79.9. The van der Waals surface area contributed by atoms with Crippen molar-refractivity contribution >= 4 is 45.0 Å². The van der Waals surface area contributed by atoms with Crippen LogP contribution in [0.5, 0.6) is 5.75 Å². The molecule has 10 heteroatoms. The Bertz CT molecular complexity index is 1480. The van der Waals surface area contributed by atoms with Gasteiger partial charge in [0.2, 0.25) is 11.8 Å². The number of hydrogen-bond acceptors (Lipinski definition) is 6. The molecule has 3 unspecified atom stereocenters. The molecule has 2 aromatic carbocycles. The fourth-order valence-corrected chi connectivity index (χ4v) is 8.77. The Morgan fingerprint density at radius 3 is 2.32 bits per heavy atom. The highest BCUT2D eigenvalue weighted by molar-refractivity contribution is 9.09. The zero-order chi connectivity index (χ0) is 33.9. The Morgan fingerprint density at radius 2 is 1.70 bits per heavy atom. The molecular formula is C37H46BrN3O6. The third kappa shape index (κ3) is 6.27. The van der Waals surface area contributed by atoms with Crippen LogP contribution in [0.2, 0.25) is 0 Å². The molecule has 0 aliphatic carbocycles. The summed E-state index contributed by atoms with van der Waals surface area (Å²) in [6, 6.07) is 12.3. The first-order valence-electron chi connectivity index (χ1n) is 16.5. The predicted octanol–water partition coefficient (Wildman–Crippen LogP) is 5.35. The van der Waals surface area contributed by atoms with Crippen molar-refractivity contribution in [2.24, 2.45) is 11.8 Å². The minimum Gasteiger partial charge on any atom is -0.494 e. The third-order valence-corrected chi connectivity index (χ3v) is 10.5. The highest BCUT2D eigenvalue weighted by Crippen LogP contribution is 2.60. The van der Waals surface area contributed by atoms with Crippen LogP contribution in [-0.2, 0) is 19.1 Å². The summed E-state index contributed by atoms with van der Waals surface area (Å²) in [6.07, 6.45) is 5.09. The molecule has 47 heavy (non-hydrogen) atoms. The van der Waals surface area contributed by atoms with Gasteiger partial charge in [-0.15, -0.1) is 13.2 Å². The van der Waals surface area contributed by atoms with Crippen LogP contribution in [0.4, 0.5) is 11.4 Å². The maximum Gasteiger partial charge on any atom is 0.253 e. The molecule has 0 aromatic heterocycles. The first-order chi connectivity index (χ1) is 22.6. The zero-order valence-corrected chi connectivity index (χ0v) is 29.2. The lowest BCUT2D eigenvalue weighted by atomic mass is 9.70. The van der Waals surface area contributed by atoms with Crippen molar-refractivity contribution < 1.29 is 29.0 Å². The molecular weight excluding hydrogens is 662 g/mol. The number of rotatable bonds is 15. The molecule has 3 aliphatic heterocycles. The standard InChI is InChI=1S/C37H46BrN3O6/c1-6-19-39(26-15-17-27(18-16-26)46-8-3)34(43)29-30-35(44)41(21-10-9-11-22-42)33(37(30)23-28(38)32(29)47-37)36(45)40(20-7-2)31-24(4)13-12-14-25(31)5/h6-7,12-18,28-30,32-33,42H,1-2,8-11,19-23H2,3-5H3/t28?,29-,30+,32-,33?,37?/m1/s1. The first-order valence-corrected chi connectivity index (χ1v) is 17.4. The lowest BCUT2D eigenvalue weighted by molar-refractivity contribution is -0.140. The number of aliphatic hydroxyl groups excluding tert-OH is 1. The van der Waals surface area contributed by atoms with Crippen molar-refractivity contribution in [1.29, 1.82) is 0 Å². The molecule has 5 rings (SSSR count). The summed E-state index contributed by atoms with van der Waals surface area (Å²) in [5.41, 5.74) is 2.12. The summed E-state index contributed by atoms with van der Waals surface area (Å²) in [5, 5.41) is 9.40. The molecule has 252 valence electrons. The van der Waals surface area contributed by atoms with Crippen LogP contribution in [0, 0.1) is 25.7 Å². The van der Waals surface area contributed by atoms with E-state index in [1.54, 1.807) is 26.9 Å². The van der Waals surface area contributed by atoms with Gasteiger partial charge in [-0.05, 0) is 81.8 Å². The van der Waals surface area contributed by atoms with Crippen molar-refractivity contribution in [2.75, 3.05) is 42.6 Å². The largest absolute Gasteiger partial charge is 0.494 e. The monoisotopic (exact) mass is 707 g/mol. The number of halogens is 1. The van der Waals surface area contributed by atoms with Crippen molar-refractivity contribution in [1.82, 2.24) is 4.90 Å². The van der Waals surface area contributed by atoms with Gasteiger partial charge in [-0.1, -0.05) is 46.3 Å². The Balaban J connectivity index is 1.57. The van der Waals surface area contributed by atoms with Gasteiger partial charge in [0.25, 0.3) is 5.91 Å². The number of anilines is 2. The average molecular weight is 709 g/mol. The number of nitrogens with zero attached hydrogens (tertiary/aromatic N) is 3. The fraction of sp³-hybridized carbons (Fsp3) is 0.486. The molecule has 1 N–H and O–H groups in total. The number of unbranched alkanes of at least 4 members (excludes halogenated alkanes) is 2. The number of hydrogen-bond donors (Lipinski definition) is 1. The van der Waals surface area contributed by atoms with Crippen molar-refractivity contribution in [2.45, 2.75) is 69.0 Å². The van der Waals surface area contributed by atoms with Crippen LogP contribution in [0.3, 0.4) is 0 Å². The Labute approximate surface area is 286 Å². The number of aliphatic hydroxyl groups is 1. The molecule has 3 fully saturated rings. The lowest BCUT2D eigenvalue weighted by Gasteiger charge is -2.38. The van der Waals surface area contributed by atoms with Crippen molar-refractivity contribution in [3.05, 3.63) is 78.9 Å². The number of amides is 3. The molecule has 2 bridgehead atoms. The van der Waals surface area contributed by atoms with Gasteiger partial charge in [0.15, 0.2) is 0 Å². The lowest BCUT2D eigenvalue weighted by Crippen LogP contribution is -2.57. The van der Waals surface area contributed by atoms with E-state index < -0.39 is 29.6 Å². The molecule has 3 aliphatic rings. The van der Waals surface area contributed by atoms with Crippen LogP contribution in [0.25, 0.3) is 0 Å². The highest BCUT2D eigenvalue weighted by Gasteiger charge is 2.77. The van der Waals surface area contributed by atoms with E-state index in [1.807, 2.05) is 63.2 Å². The molecule has 3 heterocycles. The van der Waals surface area contributed by atoms with E-state index in [1.165, 1.54) is 0 Å². The van der Waals surface area contributed by atoms with Gasteiger partial charge in [0, 0.05) is 42.4 Å². The van der Waals surface area contributed by atoms with Gasteiger partial charge in [-0.25, -0.2) is 0 Å². The third-order valence-electron chi connectivity index (χ3n) is 9.69. The van der Waals surface area contributed by atoms with Crippen LogP contribution in [-0.4, -0.2) is 83.2 Å². The topological polar surface area (TPSA) is 99.6 Å².